The molecule has 2 aromatic carbocycles. The van der Waals surface area contributed by atoms with E-state index in [9.17, 15) is 0 Å². The molecule has 0 N–H and O–H groups in total. The molecule has 2 aromatic heterocycles. The maximum absolute atomic E-state index is 5.52. The summed E-state index contributed by atoms with van der Waals surface area (Å²) >= 11 is 0. The van der Waals surface area contributed by atoms with Crippen LogP contribution in [0.25, 0.3) is 16.7 Å². The van der Waals surface area contributed by atoms with E-state index >= 15 is 0 Å². The minimum Gasteiger partial charge on any atom is -0.454 e. The Kier molecular flexibility index (Phi) is 4.83. The molecule has 0 saturated carbocycles. The molecule has 3 heterocycles. The van der Waals surface area contributed by atoms with Crippen LogP contribution in [0.2, 0.25) is 19.6 Å². The zero-order valence-electron chi connectivity index (χ0n) is 18.5. The monoisotopic (exact) mass is 441 g/mol. The highest BCUT2D eigenvalue weighted by Crippen LogP contribution is 2.37. The second kappa shape index (κ2) is 7.69. The van der Waals surface area contributed by atoms with Crippen LogP contribution in [0.3, 0.4) is 0 Å². The van der Waals surface area contributed by atoms with Gasteiger partial charge >= 0.3 is 0 Å². The van der Waals surface area contributed by atoms with Crippen LogP contribution in [0.4, 0.5) is 11.5 Å². The van der Waals surface area contributed by atoms with Gasteiger partial charge in [0.25, 0.3) is 0 Å². The van der Waals surface area contributed by atoms with Crippen LogP contribution in [-0.2, 0) is 0 Å². The summed E-state index contributed by atoms with van der Waals surface area (Å²) in [5.74, 6) is 5.55. The lowest BCUT2D eigenvalue weighted by molar-refractivity contribution is 0.174. The van der Waals surface area contributed by atoms with Crippen LogP contribution in [0.1, 0.15) is 5.56 Å². The SMILES string of the molecule is CN(c1ccc2c(c1)OCO2)c1ncnc2c1cnn2-c1cccc(C#C[Si](C)(C)C)c1. The highest BCUT2D eigenvalue weighted by molar-refractivity contribution is 6.83. The zero-order chi connectivity index (χ0) is 22.3. The molecule has 7 nitrogen and oxygen atoms in total. The largest absolute Gasteiger partial charge is 0.454 e. The number of benzene rings is 2. The molecule has 0 fully saturated rings. The standard InChI is InChI=1S/C24H23N5O2Si/c1-28(18-8-9-21-22(13-18)31-16-30-21)23-20-14-27-29(24(20)26-15-25-23)19-7-5-6-17(12-19)10-11-32(2,3)4/h5-9,12-15H,16H2,1-4H3. The van der Waals surface area contributed by atoms with E-state index in [1.54, 1.807) is 12.5 Å². The fraction of sp³-hybridized carbons (Fsp3) is 0.208. The van der Waals surface area contributed by atoms with Gasteiger partial charge < -0.3 is 14.4 Å². The van der Waals surface area contributed by atoms with E-state index in [2.05, 4.69) is 46.2 Å². The van der Waals surface area contributed by atoms with Crippen LogP contribution in [0, 0.1) is 11.5 Å². The Hall–Kier alpha value is -3.83. The Morgan fingerprint density at radius 1 is 1.03 bits per heavy atom. The van der Waals surface area contributed by atoms with Crippen LogP contribution >= 0.6 is 0 Å². The zero-order valence-corrected chi connectivity index (χ0v) is 19.5. The van der Waals surface area contributed by atoms with Crippen molar-refractivity contribution in [1.82, 2.24) is 19.7 Å². The quantitative estimate of drug-likeness (QED) is 0.344. The van der Waals surface area contributed by atoms with Crippen molar-refractivity contribution in [2.75, 3.05) is 18.7 Å². The number of anilines is 2. The van der Waals surface area contributed by atoms with Crippen molar-refractivity contribution in [1.29, 1.82) is 0 Å². The van der Waals surface area contributed by atoms with Gasteiger partial charge in [-0.25, -0.2) is 14.6 Å². The van der Waals surface area contributed by atoms with Crippen molar-refractivity contribution >= 4 is 30.6 Å². The third-order valence-electron chi connectivity index (χ3n) is 5.08. The fourth-order valence-corrected chi connectivity index (χ4v) is 4.00. The highest BCUT2D eigenvalue weighted by Gasteiger charge is 2.19. The molecule has 5 rings (SSSR count). The Bertz CT molecular complexity index is 1380. The number of hydrogen-bond donors (Lipinski definition) is 0. The molecule has 160 valence electrons. The maximum Gasteiger partial charge on any atom is 0.231 e. The molecule has 32 heavy (non-hydrogen) atoms. The van der Waals surface area contributed by atoms with E-state index in [-0.39, 0.29) is 6.79 Å². The molecule has 0 atom stereocenters. The summed E-state index contributed by atoms with van der Waals surface area (Å²) in [5.41, 5.74) is 6.97. The Labute approximate surface area is 187 Å². The van der Waals surface area contributed by atoms with Gasteiger partial charge in [-0.3, -0.25) is 0 Å². The van der Waals surface area contributed by atoms with E-state index in [0.717, 1.165) is 45.3 Å². The van der Waals surface area contributed by atoms with Crippen LogP contribution in [-0.4, -0.2) is 41.7 Å². The van der Waals surface area contributed by atoms with Gasteiger partial charge in [-0.15, -0.1) is 5.54 Å². The van der Waals surface area contributed by atoms with Crippen molar-refractivity contribution in [3.05, 3.63) is 60.6 Å². The summed E-state index contributed by atoms with van der Waals surface area (Å²) in [4.78, 5) is 11.0. The molecule has 0 unspecified atom stereocenters. The first-order chi connectivity index (χ1) is 15.4. The second-order valence-corrected chi connectivity index (χ2v) is 13.4. The first kappa shape index (κ1) is 20.1. The van der Waals surface area contributed by atoms with Crippen LogP contribution in [0.15, 0.2) is 55.0 Å². The smallest absolute Gasteiger partial charge is 0.231 e. The van der Waals surface area contributed by atoms with Gasteiger partial charge in [0.1, 0.15) is 20.2 Å². The first-order valence-corrected chi connectivity index (χ1v) is 13.8. The van der Waals surface area contributed by atoms with Crippen molar-refractivity contribution in [2.24, 2.45) is 0 Å². The molecule has 8 heteroatoms. The van der Waals surface area contributed by atoms with Crippen molar-refractivity contribution in [3.8, 4) is 28.7 Å². The summed E-state index contributed by atoms with van der Waals surface area (Å²) in [6.45, 7) is 6.95. The molecule has 1 aliphatic heterocycles. The van der Waals surface area contributed by atoms with Gasteiger partial charge in [-0.05, 0) is 30.3 Å². The third-order valence-corrected chi connectivity index (χ3v) is 5.95. The molecule has 0 spiro atoms. The van der Waals surface area contributed by atoms with Gasteiger partial charge in [0.05, 0.1) is 17.3 Å². The number of hydrogen-bond acceptors (Lipinski definition) is 6. The Morgan fingerprint density at radius 2 is 1.88 bits per heavy atom. The maximum atomic E-state index is 5.52. The molecular weight excluding hydrogens is 418 g/mol. The molecule has 0 aliphatic carbocycles. The topological polar surface area (TPSA) is 65.3 Å². The number of rotatable bonds is 3. The predicted octanol–water partition coefficient (Wildman–Crippen LogP) is 4.54. The van der Waals surface area contributed by atoms with E-state index in [1.165, 1.54) is 0 Å². The molecule has 0 bridgehead atoms. The second-order valence-electron chi connectivity index (χ2n) is 8.64. The average molecular weight is 442 g/mol. The molecular formula is C24H23N5O2Si. The molecule has 4 aromatic rings. The fourth-order valence-electron chi connectivity index (χ4n) is 3.48. The lowest BCUT2D eigenvalue weighted by atomic mass is 10.2. The summed E-state index contributed by atoms with van der Waals surface area (Å²) in [6, 6.07) is 13.9. The lowest BCUT2D eigenvalue weighted by Crippen LogP contribution is -2.16. The summed E-state index contributed by atoms with van der Waals surface area (Å²) in [6.07, 6.45) is 3.36. The van der Waals surface area contributed by atoms with Crippen molar-refractivity contribution in [3.63, 3.8) is 0 Å². The normalized spacial score (nSPS) is 12.5. The minimum atomic E-state index is -1.45. The number of nitrogens with zero attached hydrogens (tertiary/aromatic N) is 5. The van der Waals surface area contributed by atoms with Crippen LogP contribution < -0.4 is 14.4 Å². The number of aromatic nitrogens is 4. The van der Waals surface area contributed by atoms with Gasteiger partial charge in [0, 0.05) is 24.4 Å². The van der Waals surface area contributed by atoms with Crippen LogP contribution in [0.5, 0.6) is 11.5 Å². The first-order valence-electron chi connectivity index (χ1n) is 10.3. The third kappa shape index (κ3) is 3.79. The summed E-state index contributed by atoms with van der Waals surface area (Å²) in [7, 11) is 0.509. The molecule has 0 amide bonds. The van der Waals surface area contributed by atoms with E-state index < -0.39 is 8.07 Å². The van der Waals surface area contributed by atoms with Gasteiger partial charge in [0.15, 0.2) is 17.1 Å². The molecule has 0 saturated heterocycles. The Balaban J connectivity index is 1.53. The molecule has 0 radical (unpaired) electrons. The van der Waals surface area contributed by atoms with E-state index in [4.69, 9.17) is 9.47 Å². The highest BCUT2D eigenvalue weighted by atomic mass is 28.3. The summed E-state index contributed by atoms with van der Waals surface area (Å²) in [5, 5.41) is 5.47. The van der Waals surface area contributed by atoms with E-state index in [1.807, 2.05) is 59.1 Å². The van der Waals surface area contributed by atoms with Crippen molar-refractivity contribution < 1.29 is 9.47 Å². The van der Waals surface area contributed by atoms with Gasteiger partial charge in [-0.1, -0.05) is 31.6 Å². The van der Waals surface area contributed by atoms with Crippen molar-refractivity contribution in [2.45, 2.75) is 19.6 Å². The average Bonchev–Trinajstić information content (AvgIpc) is 3.43. The number of ether oxygens (including phenoxy) is 2. The van der Waals surface area contributed by atoms with Gasteiger partial charge in [0.2, 0.25) is 6.79 Å². The Morgan fingerprint density at radius 3 is 2.72 bits per heavy atom. The van der Waals surface area contributed by atoms with E-state index in [0.29, 0.717) is 0 Å². The van der Waals surface area contributed by atoms with Gasteiger partial charge in [-0.2, -0.15) is 5.10 Å². The lowest BCUT2D eigenvalue weighted by Gasteiger charge is -2.19. The number of fused-ring (bicyclic) bond motifs is 2. The minimum absolute atomic E-state index is 0.244. The molecule has 1 aliphatic rings. The summed E-state index contributed by atoms with van der Waals surface area (Å²) < 4.78 is 12.8. The predicted molar refractivity (Wildman–Crippen MR) is 128 cm³/mol.